The van der Waals surface area contributed by atoms with Crippen molar-refractivity contribution < 1.29 is 33.0 Å². The van der Waals surface area contributed by atoms with Crippen LogP contribution in [-0.2, 0) is 22.7 Å². The van der Waals surface area contributed by atoms with Crippen LogP contribution in [0.15, 0.2) is 53.6 Å². The fourth-order valence-electron chi connectivity index (χ4n) is 4.07. The maximum absolute atomic E-state index is 13.4. The number of carbonyl (C=O) groups is 2. The number of alkyl halides is 3. The van der Waals surface area contributed by atoms with Gasteiger partial charge in [0.05, 0.1) is 6.54 Å². The van der Waals surface area contributed by atoms with Gasteiger partial charge in [-0.3, -0.25) is 14.6 Å². The molecule has 0 aromatic heterocycles. The van der Waals surface area contributed by atoms with Crippen LogP contribution in [0.3, 0.4) is 0 Å². The number of amidine groups is 1. The lowest BCUT2D eigenvalue weighted by atomic mass is 10.1. The maximum atomic E-state index is 13.4. The number of rotatable bonds is 9. The minimum absolute atomic E-state index is 0.0525. The van der Waals surface area contributed by atoms with Crippen LogP contribution in [0.5, 0.6) is 0 Å². The number of nitrogens with one attached hydrogen (secondary N) is 1. The number of unbranched alkanes of at least 4 members (excludes halogenated alkanes) is 2. The topological polar surface area (TPSA) is 105 Å². The molecule has 2 amide bonds. The minimum Gasteiger partial charge on any atom is -0.380 e. The summed E-state index contributed by atoms with van der Waals surface area (Å²) in [5.74, 6) is -2.52. The Morgan fingerprint density at radius 1 is 1.00 bits per heavy atom. The second kappa shape index (κ2) is 12.7. The molecule has 2 heterocycles. The van der Waals surface area contributed by atoms with E-state index in [4.69, 9.17) is 0 Å². The third-order valence-corrected chi connectivity index (χ3v) is 5.99. The van der Waals surface area contributed by atoms with Crippen molar-refractivity contribution in [2.75, 3.05) is 26.2 Å². The molecule has 11 heteroatoms. The van der Waals surface area contributed by atoms with Crippen molar-refractivity contribution in [1.82, 2.24) is 15.1 Å². The first-order chi connectivity index (χ1) is 17.2. The monoisotopic (exact) mass is 508 g/mol. The van der Waals surface area contributed by atoms with Gasteiger partial charge in [0.1, 0.15) is 0 Å². The first-order valence-corrected chi connectivity index (χ1v) is 11.9. The van der Waals surface area contributed by atoms with Gasteiger partial charge in [0.25, 0.3) is 11.8 Å². The average molecular weight is 509 g/mol. The first-order valence-electron chi connectivity index (χ1n) is 11.9. The van der Waals surface area contributed by atoms with E-state index < -0.39 is 36.0 Å². The number of allylic oxidation sites excluding steroid dienone is 2. The number of carbonyl (C=O) groups excluding carboxylic acids is 2. The number of hydrogen-bond donors (Lipinski definition) is 3. The van der Waals surface area contributed by atoms with Gasteiger partial charge in [0.15, 0.2) is 12.2 Å². The molecule has 1 aromatic rings. The van der Waals surface area contributed by atoms with Gasteiger partial charge in [0, 0.05) is 32.7 Å². The fourth-order valence-corrected chi connectivity index (χ4v) is 4.07. The molecule has 36 heavy (non-hydrogen) atoms. The van der Waals surface area contributed by atoms with Crippen molar-refractivity contribution in [3.63, 3.8) is 0 Å². The molecule has 0 fully saturated rings. The van der Waals surface area contributed by atoms with Gasteiger partial charge in [-0.2, -0.15) is 13.2 Å². The number of benzene rings is 1. The van der Waals surface area contributed by atoms with E-state index in [0.717, 1.165) is 11.1 Å². The highest BCUT2D eigenvalue weighted by Crippen LogP contribution is 2.23. The van der Waals surface area contributed by atoms with Crippen molar-refractivity contribution in [1.29, 1.82) is 0 Å². The Morgan fingerprint density at radius 3 is 2.33 bits per heavy atom. The van der Waals surface area contributed by atoms with Crippen LogP contribution in [0.4, 0.5) is 13.2 Å². The molecule has 8 nitrogen and oxygen atoms in total. The van der Waals surface area contributed by atoms with Gasteiger partial charge in [-0.05, 0) is 30.4 Å². The molecule has 0 saturated heterocycles. The molecule has 1 aromatic carbocycles. The summed E-state index contributed by atoms with van der Waals surface area (Å²) in [6.45, 7) is 0.915. The Balaban J connectivity index is 1.38. The number of aliphatic imine (C=N–C) groups is 1. The second-order valence-corrected chi connectivity index (χ2v) is 8.67. The highest BCUT2D eigenvalue weighted by molar-refractivity contribution is 5.91. The van der Waals surface area contributed by atoms with E-state index in [1.807, 2.05) is 24.3 Å². The van der Waals surface area contributed by atoms with Crippen LogP contribution < -0.4 is 5.32 Å². The molecule has 3 rings (SSSR count). The number of aliphatic hydroxyl groups excluding tert-OH is 2. The van der Waals surface area contributed by atoms with Crippen molar-refractivity contribution in [2.45, 2.75) is 50.7 Å². The van der Waals surface area contributed by atoms with Crippen LogP contribution in [0.1, 0.15) is 30.4 Å². The molecule has 0 unspecified atom stereocenters. The lowest BCUT2D eigenvalue weighted by Gasteiger charge is -2.26. The summed E-state index contributed by atoms with van der Waals surface area (Å²) in [5.41, 5.74) is 1.90. The summed E-state index contributed by atoms with van der Waals surface area (Å²) >= 11 is 0. The summed E-state index contributed by atoms with van der Waals surface area (Å²) in [4.78, 5) is 31.0. The Kier molecular flexibility index (Phi) is 9.65. The van der Waals surface area contributed by atoms with E-state index in [1.165, 1.54) is 9.80 Å². The highest BCUT2D eigenvalue weighted by Gasteiger charge is 2.39. The van der Waals surface area contributed by atoms with Gasteiger partial charge >= 0.3 is 6.18 Å². The molecule has 3 N–H and O–H groups in total. The summed E-state index contributed by atoms with van der Waals surface area (Å²) in [6.07, 6.45) is -0.416. The van der Waals surface area contributed by atoms with Gasteiger partial charge in [-0.25, -0.2) is 0 Å². The predicted molar refractivity (Wildman–Crippen MR) is 128 cm³/mol. The number of nitrogens with zero attached hydrogens (tertiary/aromatic N) is 3. The Labute approximate surface area is 207 Å². The van der Waals surface area contributed by atoms with E-state index in [2.05, 4.69) is 10.3 Å². The van der Waals surface area contributed by atoms with Crippen molar-refractivity contribution >= 4 is 17.6 Å². The van der Waals surface area contributed by atoms with E-state index in [1.54, 1.807) is 24.3 Å². The highest BCUT2D eigenvalue weighted by atomic mass is 19.4. The van der Waals surface area contributed by atoms with E-state index in [-0.39, 0.29) is 26.2 Å². The van der Waals surface area contributed by atoms with Gasteiger partial charge < -0.3 is 25.3 Å². The van der Waals surface area contributed by atoms with E-state index >= 15 is 0 Å². The molecule has 0 spiro atoms. The normalized spacial score (nSPS) is 19.3. The summed E-state index contributed by atoms with van der Waals surface area (Å²) in [6, 6.07) is 7.44. The van der Waals surface area contributed by atoms with Gasteiger partial charge in [0.2, 0.25) is 5.84 Å². The third-order valence-electron chi connectivity index (χ3n) is 5.99. The van der Waals surface area contributed by atoms with Crippen LogP contribution in [-0.4, -0.2) is 82.2 Å². The van der Waals surface area contributed by atoms with Crippen LogP contribution in [0, 0.1) is 0 Å². The number of aliphatic hydroxyl groups is 2. The second-order valence-electron chi connectivity index (χ2n) is 8.67. The zero-order valence-electron chi connectivity index (χ0n) is 19.8. The minimum atomic E-state index is -4.55. The summed E-state index contributed by atoms with van der Waals surface area (Å²) < 4.78 is 40.1. The molecular formula is C25H31F3N4O4. The smallest absolute Gasteiger partial charge is 0.380 e. The number of hydrogen-bond acceptors (Lipinski definition) is 6. The van der Waals surface area contributed by atoms with Crippen molar-refractivity contribution in [3.8, 4) is 0 Å². The third kappa shape index (κ3) is 7.41. The Bertz CT molecular complexity index is 984. The Morgan fingerprint density at radius 2 is 1.67 bits per heavy atom. The molecule has 2 aliphatic rings. The van der Waals surface area contributed by atoms with Gasteiger partial charge in [-0.1, -0.05) is 48.6 Å². The van der Waals surface area contributed by atoms with Crippen LogP contribution in [0.2, 0.25) is 0 Å². The first kappa shape index (κ1) is 27.4. The average Bonchev–Trinajstić information content (AvgIpc) is 3.32. The van der Waals surface area contributed by atoms with E-state index in [0.29, 0.717) is 32.4 Å². The van der Waals surface area contributed by atoms with Crippen LogP contribution >= 0.6 is 0 Å². The zero-order valence-corrected chi connectivity index (χ0v) is 19.8. The number of amides is 2. The lowest BCUT2D eigenvalue weighted by molar-refractivity contribution is -0.153. The molecule has 2 atom stereocenters. The van der Waals surface area contributed by atoms with Crippen molar-refractivity contribution in [2.24, 2.45) is 4.99 Å². The van der Waals surface area contributed by atoms with Crippen molar-refractivity contribution in [3.05, 3.63) is 59.7 Å². The maximum Gasteiger partial charge on any atom is 0.449 e. The predicted octanol–water partition coefficient (Wildman–Crippen LogP) is 1.93. The molecule has 196 valence electrons. The summed E-state index contributed by atoms with van der Waals surface area (Å²) in [7, 11) is 0. The molecule has 0 radical (unpaired) electrons. The standard InChI is InChI=1S/C25H31F3N4O4/c26-25(27,28)24-30-13-6-1-2-8-14-31(24)15-9-3-7-12-29-22(35)20(33)21(34)23(36)32-16-18-10-4-5-11-19(18)17-32/h1-2,4-6,8,10-11,20-21,33-34H,3,7,9,12-17H2,(H,29,35)/b6-1-,8-2-,30-24?/t20-,21-/m1/s1. The zero-order chi connectivity index (χ0) is 26.1. The lowest BCUT2D eigenvalue weighted by Crippen LogP contribution is -2.49. The van der Waals surface area contributed by atoms with Crippen LogP contribution in [0.25, 0.3) is 0 Å². The Hall–Kier alpha value is -3.18. The number of halogens is 3. The SMILES string of the molecule is O=C(NCCCCCN1C/C=C\C=C/CN=C1C(F)(F)F)[C@H](O)[C@@H](O)C(=O)N1Cc2ccccc2C1. The molecular weight excluding hydrogens is 477 g/mol. The molecule has 2 aliphatic heterocycles. The molecule has 0 saturated carbocycles. The quantitative estimate of drug-likeness (QED) is 0.442. The molecule has 0 aliphatic carbocycles. The van der Waals surface area contributed by atoms with E-state index in [9.17, 15) is 33.0 Å². The number of fused-ring (bicyclic) bond motifs is 1. The fraction of sp³-hybridized carbons (Fsp3) is 0.480. The molecule has 0 bridgehead atoms. The van der Waals surface area contributed by atoms with Gasteiger partial charge in [-0.15, -0.1) is 0 Å². The largest absolute Gasteiger partial charge is 0.449 e. The summed E-state index contributed by atoms with van der Waals surface area (Å²) in [5, 5.41) is 22.8.